The summed E-state index contributed by atoms with van der Waals surface area (Å²) < 4.78 is 0.620. The SMILES string of the molecule is O=C1CC(CO)CN1c1cc(Cl)c(Br)c(Cl)c1. The van der Waals surface area contributed by atoms with Crippen LogP contribution in [-0.2, 0) is 4.79 Å². The molecule has 1 saturated heterocycles. The molecule has 1 aliphatic heterocycles. The van der Waals surface area contributed by atoms with E-state index in [1.807, 2.05) is 0 Å². The fourth-order valence-corrected chi connectivity index (χ4v) is 2.56. The standard InChI is InChI=1S/C11H10BrCl2NO2/c12-11-8(13)2-7(3-9(11)14)15-4-6(5-16)1-10(15)17/h2-3,6,16H,1,4-5H2. The first-order valence-electron chi connectivity index (χ1n) is 5.08. The Hall–Kier alpha value is -0.290. The number of halogens is 3. The molecule has 1 atom stereocenters. The van der Waals surface area contributed by atoms with Gasteiger partial charge in [0.05, 0.1) is 14.5 Å². The van der Waals surface area contributed by atoms with Crippen LogP contribution in [0.5, 0.6) is 0 Å². The molecule has 0 saturated carbocycles. The number of carbonyl (C=O) groups is 1. The van der Waals surface area contributed by atoms with Gasteiger partial charge in [-0.15, -0.1) is 0 Å². The molecule has 17 heavy (non-hydrogen) atoms. The molecule has 0 aromatic heterocycles. The molecule has 1 heterocycles. The molecule has 3 nitrogen and oxygen atoms in total. The number of carbonyl (C=O) groups excluding carboxylic acids is 1. The zero-order valence-corrected chi connectivity index (χ0v) is 11.9. The van der Waals surface area contributed by atoms with E-state index in [0.717, 1.165) is 0 Å². The maximum Gasteiger partial charge on any atom is 0.227 e. The van der Waals surface area contributed by atoms with Gasteiger partial charge in [0, 0.05) is 31.2 Å². The van der Waals surface area contributed by atoms with Crippen molar-refractivity contribution >= 4 is 50.7 Å². The van der Waals surface area contributed by atoms with Crippen LogP contribution in [0.2, 0.25) is 10.0 Å². The lowest BCUT2D eigenvalue weighted by Gasteiger charge is -2.17. The Balaban J connectivity index is 2.32. The largest absolute Gasteiger partial charge is 0.396 e. The second-order valence-electron chi connectivity index (χ2n) is 3.98. The highest BCUT2D eigenvalue weighted by molar-refractivity contribution is 9.10. The molecule has 0 bridgehead atoms. The van der Waals surface area contributed by atoms with Crippen molar-refractivity contribution in [3.05, 3.63) is 26.7 Å². The number of nitrogens with zero attached hydrogens (tertiary/aromatic N) is 1. The van der Waals surface area contributed by atoms with Gasteiger partial charge in [0.1, 0.15) is 0 Å². The fraction of sp³-hybridized carbons (Fsp3) is 0.364. The Morgan fingerprint density at radius 2 is 2.00 bits per heavy atom. The van der Waals surface area contributed by atoms with E-state index >= 15 is 0 Å². The normalized spacial score (nSPS) is 20.1. The van der Waals surface area contributed by atoms with Gasteiger partial charge in [0.2, 0.25) is 5.91 Å². The molecule has 1 unspecified atom stereocenters. The fourth-order valence-electron chi connectivity index (χ4n) is 1.85. The van der Waals surface area contributed by atoms with Crippen LogP contribution in [0.4, 0.5) is 5.69 Å². The molecule has 6 heteroatoms. The Labute approximate surface area is 117 Å². The third-order valence-corrected chi connectivity index (χ3v) is 4.65. The van der Waals surface area contributed by atoms with Gasteiger partial charge in [-0.1, -0.05) is 23.2 Å². The topological polar surface area (TPSA) is 40.5 Å². The summed E-state index contributed by atoms with van der Waals surface area (Å²) in [4.78, 5) is 13.4. The van der Waals surface area contributed by atoms with E-state index in [1.165, 1.54) is 0 Å². The monoisotopic (exact) mass is 337 g/mol. The van der Waals surface area contributed by atoms with E-state index in [1.54, 1.807) is 17.0 Å². The molecule has 1 fully saturated rings. The number of rotatable bonds is 2. The second kappa shape index (κ2) is 5.14. The lowest BCUT2D eigenvalue weighted by atomic mass is 10.1. The van der Waals surface area contributed by atoms with Gasteiger partial charge < -0.3 is 10.0 Å². The average molecular weight is 339 g/mol. The quantitative estimate of drug-likeness (QED) is 0.842. The van der Waals surface area contributed by atoms with Crippen molar-refractivity contribution < 1.29 is 9.90 Å². The molecular weight excluding hydrogens is 329 g/mol. The van der Waals surface area contributed by atoms with Crippen molar-refractivity contribution in [2.75, 3.05) is 18.1 Å². The smallest absolute Gasteiger partial charge is 0.227 e. The highest BCUT2D eigenvalue weighted by Gasteiger charge is 2.30. The number of anilines is 1. The van der Waals surface area contributed by atoms with E-state index < -0.39 is 0 Å². The molecule has 1 aromatic carbocycles. The molecule has 1 amide bonds. The number of hydrogen-bond donors (Lipinski definition) is 1. The summed E-state index contributed by atoms with van der Waals surface area (Å²) in [6.45, 7) is 0.518. The molecule has 1 N–H and O–H groups in total. The predicted octanol–water partition coefficient (Wildman–Crippen LogP) is 3.10. The molecule has 0 spiro atoms. The van der Waals surface area contributed by atoms with Crippen LogP contribution in [0.25, 0.3) is 0 Å². The van der Waals surface area contributed by atoms with Gasteiger partial charge in [-0.05, 0) is 28.1 Å². The zero-order valence-electron chi connectivity index (χ0n) is 8.79. The molecule has 92 valence electrons. The summed E-state index contributed by atoms with van der Waals surface area (Å²) in [7, 11) is 0. The lowest BCUT2D eigenvalue weighted by molar-refractivity contribution is -0.117. The third kappa shape index (κ3) is 2.60. The number of benzene rings is 1. The highest BCUT2D eigenvalue weighted by atomic mass is 79.9. The van der Waals surface area contributed by atoms with E-state index in [-0.39, 0.29) is 18.4 Å². The average Bonchev–Trinajstić information content (AvgIpc) is 2.67. The first-order chi connectivity index (χ1) is 8.02. The van der Waals surface area contributed by atoms with Crippen LogP contribution >= 0.6 is 39.1 Å². The van der Waals surface area contributed by atoms with Crippen molar-refractivity contribution in [1.29, 1.82) is 0 Å². The zero-order chi connectivity index (χ0) is 12.6. The molecule has 0 radical (unpaired) electrons. The van der Waals surface area contributed by atoms with Gasteiger partial charge in [-0.25, -0.2) is 0 Å². The second-order valence-corrected chi connectivity index (χ2v) is 5.59. The van der Waals surface area contributed by atoms with Crippen molar-refractivity contribution in [2.24, 2.45) is 5.92 Å². The van der Waals surface area contributed by atoms with E-state index in [9.17, 15) is 4.79 Å². The molecular formula is C11H10BrCl2NO2. The summed E-state index contributed by atoms with van der Waals surface area (Å²) in [6.07, 6.45) is 0.363. The summed E-state index contributed by atoms with van der Waals surface area (Å²) in [5.74, 6) is -0.0257. The maximum atomic E-state index is 11.8. The Morgan fingerprint density at radius 3 is 2.47 bits per heavy atom. The van der Waals surface area contributed by atoms with Crippen LogP contribution in [0.3, 0.4) is 0 Å². The Kier molecular flexibility index (Phi) is 3.98. The van der Waals surface area contributed by atoms with Crippen LogP contribution in [0.1, 0.15) is 6.42 Å². The van der Waals surface area contributed by atoms with Crippen molar-refractivity contribution in [2.45, 2.75) is 6.42 Å². The third-order valence-electron chi connectivity index (χ3n) is 2.74. The first kappa shape index (κ1) is 13.1. The Morgan fingerprint density at radius 1 is 1.41 bits per heavy atom. The summed E-state index contributed by atoms with van der Waals surface area (Å²) in [5.41, 5.74) is 0.671. The summed E-state index contributed by atoms with van der Waals surface area (Å²) in [5, 5.41) is 9.99. The maximum absolute atomic E-state index is 11.8. The molecule has 1 aliphatic rings. The number of hydrogen-bond acceptors (Lipinski definition) is 2. The van der Waals surface area contributed by atoms with Crippen molar-refractivity contribution in [3.63, 3.8) is 0 Å². The van der Waals surface area contributed by atoms with Crippen molar-refractivity contribution in [3.8, 4) is 0 Å². The first-order valence-corrected chi connectivity index (χ1v) is 6.63. The van der Waals surface area contributed by atoms with Crippen LogP contribution in [-0.4, -0.2) is 24.2 Å². The number of aliphatic hydroxyl groups excluding tert-OH is 1. The van der Waals surface area contributed by atoms with Gasteiger partial charge in [-0.2, -0.15) is 0 Å². The van der Waals surface area contributed by atoms with E-state index in [4.69, 9.17) is 28.3 Å². The van der Waals surface area contributed by atoms with Crippen molar-refractivity contribution in [1.82, 2.24) is 0 Å². The van der Waals surface area contributed by atoms with Gasteiger partial charge in [0.25, 0.3) is 0 Å². The minimum atomic E-state index is -0.0153. The van der Waals surface area contributed by atoms with Crippen LogP contribution < -0.4 is 4.90 Å². The van der Waals surface area contributed by atoms with Gasteiger partial charge in [-0.3, -0.25) is 4.79 Å². The van der Waals surface area contributed by atoms with Gasteiger partial charge >= 0.3 is 0 Å². The van der Waals surface area contributed by atoms with Crippen LogP contribution in [0.15, 0.2) is 16.6 Å². The van der Waals surface area contributed by atoms with E-state index in [0.29, 0.717) is 33.2 Å². The number of aliphatic hydroxyl groups is 1. The van der Waals surface area contributed by atoms with Gasteiger partial charge in [0.15, 0.2) is 0 Å². The molecule has 0 aliphatic carbocycles. The predicted molar refractivity (Wildman–Crippen MR) is 71.7 cm³/mol. The summed E-state index contributed by atoms with van der Waals surface area (Å²) >= 11 is 15.2. The van der Waals surface area contributed by atoms with E-state index in [2.05, 4.69) is 15.9 Å². The number of amides is 1. The highest BCUT2D eigenvalue weighted by Crippen LogP contribution is 2.36. The minimum Gasteiger partial charge on any atom is -0.396 e. The Bertz CT molecular complexity index is 444. The minimum absolute atomic E-state index is 0.0105. The summed E-state index contributed by atoms with van der Waals surface area (Å²) in [6, 6.07) is 3.38. The molecule has 2 rings (SSSR count). The lowest BCUT2D eigenvalue weighted by Crippen LogP contribution is -2.24. The van der Waals surface area contributed by atoms with Crippen LogP contribution in [0, 0.1) is 5.92 Å². The molecule has 1 aromatic rings.